The monoisotopic (exact) mass is 224 g/mol. The zero-order valence-corrected chi connectivity index (χ0v) is 10.7. The molecule has 0 radical (unpaired) electrons. The molecule has 1 unspecified atom stereocenters. The lowest BCUT2D eigenvalue weighted by Gasteiger charge is -2.29. The number of thiophene rings is 1. The predicted octanol–water partition coefficient (Wildman–Crippen LogP) is 3.98. The van der Waals surface area contributed by atoms with Crippen molar-refractivity contribution >= 4 is 11.3 Å². The van der Waals surface area contributed by atoms with E-state index in [1.807, 2.05) is 0 Å². The van der Waals surface area contributed by atoms with Gasteiger partial charge in [-0.15, -0.1) is 11.3 Å². The highest BCUT2D eigenvalue weighted by Gasteiger charge is 2.38. The molecule has 0 bridgehead atoms. The Morgan fingerprint density at radius 1 is 1.33 bits per heavy atom. The van der Waals surface area contributed by atoms with Gasteiger partial charge in [0.05, 0.1) is 6.10 Å². The minimum Gasteiger partial charge on any atom is -0.387 e. The lowest BCUT2D eigenvalue weighted by Crippen LogP contribution is -2.21. The van der Waals surface area contributed by atoms with E-state index in [2.05, 4.69) is 26.8 Å². The third kappa shape index (κ3) is 1.98. The second kappa shape index (κ2) is 3.91. The molecule has 1 aliphatic carbocycles. The molecule has 0 saturated heterocycles. The van der Waals surface area contributed by atoms with Crippen LogP contribution in [0.15, 0.2) is 6.07 Å². The first-order valence-corrected chi connectivity index (χ1v) is 6.59. The van der Waals surface area contributed by atoms with Gasteiger partial charge in [-0.3, -0.25) is 0 Å². The molecule has 1 atom stereocenters. The molecule has 1 aromatic heterocycles. The van der Waals surface area contributed by atoms with E-state index in [9.17, 15) is 5.11 Å². The highest BCUT2D eigenvalue weighted by Crippen LogP contribution is 2.49. The van der Waals surface area contributed by atoms with Gasteiger partial charge in [0, 0.05) is 9.75 Å². The van der Waals surface area contributed by atoms with E-state index in [1.165, 1.54) is 41.0 Å². The molecule has 1 aromatic rings. The highest BCUT2D eigenvalue weighted by atomic mass is 32.1. The summed E-state index contributed by atoms with van der Waals surface area (Å²) in [6.07, 6.45) is 4.64. The maximum absolute atomic E-state index is 10.5. The molecule has 1 saturated carbocycles. The summed E-state index contributed by atoms with van der Waals surface area (Å²) in [5.41, 5.74) is 1.39. The lowest BCUT2D eigenvalue weighted by atomic mass is 9.81. The third-order valence-electron chi connectivity index (χ3n) is 3.73. The molecule has 1 aliphatic rings. The summed E-state index contributed by atoms with van der Waals surface area (Å²) in [7, 11) is 0. The topological polar surface area (TPSA) is 20.2 Å². The van der Waals surface area contributed by atoms with Crippen LogP contribution in [0.3, 0.4) is 0 Å². The van der Waals surface area contributed by atoms with Crippen LogP contribution in [0, 0.1) is 19.3 Å². The highest BCUT2D eigenvalue weighted by molar-refractivity contribution is 7.12. The van der Waals surface area contributed by atoms with Crippen LogP contribution in [-0.4, -0.2) is 5.11 Å². The van der Waals surface area contributed by atoms with E-state index >= 15 is 0 Å². The van der Waals surface area contributed by atoms with Crippen LogP contribution in [0.25, 0.3) is 0 Å². The van der Waals surface area contributed by atoms with Crippen molar-refractivity contribution < 1.29 is 5.11 Å². The number of aliphatic hydroxyl groups excluding tert-OH is 1. The Labute approximate surface area is 96.1 Å². The summed E-state index contributed by atoms with van der Waals surface area (Å²) in [5, 5.41) is 10.5. The van der Waals surface area contributed by atoms with Gasteiger partial charge in [-0.1, -0.05) is 19.8 Å². The van der Waals surface area contributed by atoms with Crippen molar-refractivity contribution in [2.24, 2.45) is 5.41 Å². The van der Waals surface area contributed by atoms with Crippen LogP contribution in [0.4, 0.5) is 0 Å². The van der Waals surface area contributed by atoms with Gasteiger partial charge in [0.2, 0.25) is 0 Å². The zero-order chi connectivity index (χ0) is 11.1. The van der Waals surface area contributed by atoms with Crippen LogP contribution < -0.4 is 0 Å². The van der Waals surface area contributed by atoms with Gasteiger partial charge in [-0.05, 0) is 43.7 Å². The van der Waals surface area contributed by atoms with E-state index in [0.29, 0.717) is 0 Å². The molecule has 0 aliphatic heterocycles. The lowest BCUT2D eigenvalue weighted by molar-refractivity contribution is 0.0433. The molecule has 84 valence electrons. The molecule has 0 amide bonds. The van der Waals surface area contributed by atoms with Crippen molar-refractivity contribution in [2.45, 2.75) is 52.6 Å². The Balaban J connectivity index is 2.27. The van der Waals surface area contributed by atoms with E-state index < -0.39 is 0 Å². The van der Waals surface area contributed by atoms with Gasteiger partial charge in [-0.25, -0.2) is 0 Å². The first-order chi connectivity index (χ1) is 7.03. The van der Waals surface area contributed by atoms with Crippen LogP contribution in [0.2, 0.25) is 0 Å². The molecular weight excluding hydrogens is 204 g/mol. The standard InChI is InChI=1S/C13H20OS/c1-9-8-10(2)15-11(9)12(14)13(3)6-4-5-7-13/h8,12,14H,4-7H2,1-3H3. The smallest absolute Gasteiger partial charge is 0.0938 e. The molecule has 1 fully saturated rings. The first-order valence-electron chi connectivity index (χ1n) is 5.78. The Bertz CT molecular complexity index is 347. The molecule has 1 nitrogen and oxygen atoms in total. The average Bonchev–Trinajstić information content (AvgIpc) is 2.73. The van der Waals surface area contributed by atoms with Crippen molar-refractivity contribution in [3.05, 3.63) is 21.4 Å². The van der Waals surface area contributed by atoms with E-state index in [1.54, 1.807) is 11.3 Å². The minimum absolute atomic E-state index is 0.127. The Hall–Kier alpha value is -0.340. The molecule has 0 spiro atoms. The van der Waals surface area contributed by atoms with Crippen LogP contribution in [0.5, 0.6) is 0 Å². The maximum Gasteiger partial charge on any atom is 0.0938 e. The number of aliphatic hydroxyl groups is 1. The maximum atomic E-state index is 10.5. The van der Waals surface area contributed by atoms with Crippen molar-refractivity contribution in [1.82, 2.24) is 0 Å². The number of aryl methyl sites for hydroxylation is 2. The van der Waals surface area contributed by atoms with Crippen molar-refractivity contribution in [2.75, 3.05) is 0 Å². The summed E-state index contributed by atoms with van der Waals surface area (Å²) < 4.78 is 0. The zero-order valence-electron chi connectivity index (χ0n) is 9.84. The van der Waals surface area contributed by atoms with Gasteiger partial charge in [0.15, 0.2) is 0 Å². The summed E-state index contributed by atoms with van der Waals surface area (Å²) >= 11 is 1.76. The summed E-state index contributed by atoms with van der Waals surface area (Å²) in [4.78, 5) is 2.50. The molecule has 1 N–H and O–H groups in total. The molecular formula is C13H20OS. The molecule has 0 aromatic carbocycles. The van der Waals surface area contributed by atoms with Gasteiger partial charge < -0.3 is 5.11 Å². The van der Waals surface area contributed by atoms with Gasteiger partial charge >= 0.3 is 0 Å². The first kappa shape index (κ1) is 11.2. The van der Waals surface area contributed by atoms with E-state index in [-0.39, 0.29) is 11.5 Å². The number of rotatable bonds is 2. The summed E-state index contributed by atoms with van der Waals surface area (Å²) in [5.74, 6) is 0. The second-order valence-electron chi connectivity index (χ2n) is 5.17. The average molecular weight is 224 g/mol. The Kier molecular flexibility index (Phi) is 2.91. The summed E-state index contributed by atoms with van der Waals surface area (Å²) in [6, 6.07) is 2.18. The molecule has 1 heterocycles. The van der Waals surface area contributed by atoms with Gasteiger partial charge in [0.25, 0.3) is 0 Å². The van der Waals surface area contributed by atoms with Gasteiger partial charge in [-0.2, -0.15) is 0 Å². The Morgan fingerprint density at radius 3 is 2.40 bits per heavy atom. The Morgan fingerprint density at radius 2 is 1.93 bits per heavy atom. The van der Waals surface area contributed by atoms with Crippen molar-refractivity contribution in [3.63, 3.8) is 0 Å². The van der Waals surface area contributed by atoms with Gasteiger partial charge in [0.1, 0.15) is 0 Å². The fourth-order valence-electron chi connectivity index (χ4n) is 2.70. The molecule has 2 heteroatoms. The largest absolute Gasteiger partial charge is 0.387 e. The quantitative estimate of drug-likeness (QED) is 0.805. The normalized spacial score (nSPS) is 21.9. The summed E-state index contributed by atoms with van der Waals surface area (Å²) in [6.45, 7) is 6.46. The second-order valence-corrected chi connectivity index (χ2v) is 6.46. The fourth-order valence-corrected chi connectivity index (χ4v) is 3.90. The molecule has 15 heavy (non-hydrogen) atoms. The SMILES string of the molecule is Cc1cc(C)c(C(O)C2(C)CCCC2)s1. The number of hydrogen-bond acceptors (Lipinski definition) is 2. The minimum atomic E-state index is -0.251. The van der Waals surface area contributed by atoms with Crippen LogP contribution in [0.1, 0.15) is 54.0 Å². The third-order valence-corrected chi connectivity index (χ3v) is 4.94. The predicted molar refractivity (Wildman–Crippen MR) is 65.3 cm³/mol. The van der Waals surface area contributed by atoms with E-state index in [4.69, 9.17) is 0 Å². The van der Waals surface area contributed by atoms with Crippen LogP contribution in [-0.2, 0) is 0 Å². The van der Waals surface area contributed by atoms with E-state index in [0.717, 1.165) is 0 Å². The van der Waals surface area contributed by atoms with Crippen LogP contribution >= 0.6 is 11.3 Å². The van der Waals surface area contributed by atoms with Crippen molar-refractivity contribution in [1.29, 1.82) is 0 Å². The number of hydrogen-bond donors (Lipinski definition) is 1. The van der Waals surface area contributed by atoms with Crippen molar-refractivity contribution in [3.8, 4) is 0 Å². The fraction of sp³-hybridized carbons (Fsp3) is 0.692. The molecule has 2 rings (SSSR count).